The van der Waals surface area contributed by atoms with Crippen molar-refractivity contribution in [2.45, 2.75) is 24.8 Å². The van der Waals surface area contributed by atoms with E-state index >= 15 is 0 Å². The molecule has 0 radical (unpaired) electrons. The van der Waals surface area contributed by atoms with Gasteiger partial charge in [-0.3, -0.25) is 14.2 Å². The molecule has 0 bridgehead atoms. The van der Waals surface area contributed by atoms with Gasteiger partial charge in [0.2, 0.25) is 0 Å². The molecule has 118 valence electrons. The van der Waals surface area contributed by atoms with E-state index in [1.54, 1.807) is 0 Å². The first-order chi connectivity index (χ1) is 9.50. The lowest BCUT2D eigenvalue weighted by Gasteiger charge is -2.24. The minimum atomic E-state index is -4.33. The largest absolute Gasteiger partial charge is 0.480 e. The van der Waals surface area contributed by atoms with Gasteiger partial charge in [-0.1, -0.05) is 0 Å². The van der Waals surface area contributed by atoms with E-state index in [9.17, 15) is 22.8 Å². The maximum Gasteiger partial charge on any atom is 0.330 e. The summed E-state index contributed by atoms with van der Waals surface area (Å²) in [6.07, 6.45) is 0.900. The molecule has 0 fully saturated rings. The highest BCUT2D eigenvalue weighted by Gasteiger charge is 2.32. The van der Waals surface area contributed by atoms with Crippen LogP contribution >= 0.6 is 0 Å². The summed E-state index contributed by atoms with van der Waals surface area (Å²) < 4.78 is 27.3. The second-order valence-corrected chi connectivity index (χ2v) is 6.65. The van der Waals surface area contributed by atoms with Crippen molar-refractivity contribution in [3.8, 4) is 0 Å². The number of carboxylic acids is 1. The third kappa shape index (κ3) is 3.22. The third-order valence-corrected chi connectivity index (χ3v) is 4.87. The van der Waals surface area contributed by atoms with E-state index in [1.165, 1.54) is 20.9 Å². The molecule has 0 atom stereocenters. The van der Waals surface area contributed by atoms with Gasteiger partial charge in [0.1, 0.15) is 6.54 Å². The molecule has 0 aliphatic rings. The molecule has 21 heavy (non-hydrogen) atoms. The van der Waals surface area contributed by atoms with E-state index < -0.39 is 44.7 Å². The molecule has 9 nitrogen and oxygen atoms in total. The molecule has 0 saturated heterocycles. The molecule has 0 aromatic carbocycles. The van der Waals surface area contributed by atoms with Gasteiger partial charge in [0.25, 0.3) is 15.6 Å². The second-order valence-electron chi connectivity index (χ2n) is 4.79. The first-order valence-electron chi connectivity index (χ1n) is 6.00. The van der Waals surface area contributed by atoms with Gasteiger partial charge >= 0.3 is 11.7 Å². The smallest absolute Gasteiger partial charge is 0.330 e. The van der Waals surface area contributed by atoms with Gasteiger partial charge in [-0.15, -0.1) is 0 Å². The van der Waals surface area contributed by atoms with E-state index in [2.05, 4.69) is 0 Å². The van der Waals surface area contributed by atoms with Crippen molar-refractivity contribution in [1.29, 1.82) is 0 Å². The highest BCUT2D eigenvalue weighted by atomic mass is 32.2. The first kappa shape index (κ1) is 17.1. The lowest BCUT2D eigenvalue weighted by molar-refractivity contribution is -0.137. The Labute approximate surface area is 121 Å². The van der Waals surface area contributed by atoms with E-state index in [-0.39, 0.29) is 0 Å². The Balaban J connectivity index is 3.60. The Morgan fingerprint density at radius 2 is 1.86 bits per heavy atom. The molecule has 0 aliphatic carbocycles. The van der Waals surface area contributed by atoms with Crippen LogP contribution in [-0.2, 0) is 28.9 Å². The Morgan fingerprint density at radius 3 is 2.29 bits per heavy atom. The molecular formula is C11H17N3O6S. The van der Waals surface area contributed by atoms with Crippen molar-refractivity contribution in [3.05, 3.63) is 27.0 Å². The van der Waals surface area contributed by atoms with Crippen molar-refractivity contribution in [2.24, 2.45) is 14.1 Å². The van der Waals surface area contributed by atoms with Gasteiger partial charge in [-0.05, 0) is 13.8 Å². The van der Waals surface area contributed by atoms with Gasteiger partial charge < -0.3 is 9.67 Å². The number of hydrogen-bond acceptors (Lipinski definition) is 5. The van der Waals surface area contributed by atoms with E-state index in [1.807, 2.05) is 0 Å². The van der Waals surface area contributed by atoms with Crippen LogP contribution in [0.2, 0.25) is 0 Å². The minimum Gasteiger partial charge on any atom is -0.480 e. The SMILES string of the molecule is CC(C)N(CC(=O)O)S(=O)(=O)c1cn(C)c(=O)n(C)c1=O. The summed E-state index contributed by atoms with van der Waals surface area (Å²) in [5.41, 5.74) is -1.66. The normalized spacial score (nSPS) is 12.1. The molecule has 0 unspecified atom stereocenters. The molecule has 1 heterocycles. The molecular weight excluding hydrogens is 302 g/mol. The van der Waals surface area contributed by atoms with Gasteiger partial charge in [0, 0.05) is 26.3 Å². The Bertz CT molecular complexity index is 774. The van der Waals surface area contributed by atoms with Crippen LogP contribution in [0.1, 0.15) is 13.8 Å². The van der Waals surface area contributed by atoms with Crippen molar-refractivity contribution in [1.82, 2.24) is 13.4 Å². The molecule has 0 amide bonds. The number of nitrogens with zero attached hydrogens (tertiary/aromatic N) is 3. The standard InChI is InChI=1S/C11H17N3O6S/c1-7(2)14(6-9(15)16)21(19,20)8-5-12(3)11(18)13(4)10(8)17/h5,7H,6H2,1-4H3,(H,15,16). The van der Waals surface area contributed by atoms with Crippen molar-refractivity contribution in [2.75, 3.05) is 6.54 Å². The topological polar surface area (TPSA) is 119 Å². The Hall–Kier alpha value is -1.94. The van der Waals surface area contributed by atoms with Gasteiger partial charge in [-0.25, -0.2) is 13.2 Å². The fraction of sp³-hybridized carbons (Fsp3) is 0.545. The van der Waals surface area contributed by atoms with Crippen LogP contribution in [0.4, 0.5) is 0 Å². The zero-order valence-corrected chi connectivity index (χ0v) is 12.9. The zero-order valence-electron chi connectivity index (χ0n) is 12.1. The molecule has 0 aliphatic heterocycles. The van der Waals surface area contributed by atoms with Gasteiger partial charge in [0.15, 0.2) is 4.90 Å². The average Bonchev–Trinajstić information content (AvgIpc) is 2.36. The van der Waals surface area contributed by atoms with Crippen LogP contribution in [-0.4, -0.2) is 45.5 Å². The number of hydrogen-bond donors (Lipinski definition) is 1. The van der Waals surface area contributed by atoms with Crippen LogP contribution in [0.3, 0.4) is 0 Å². The van der Waals surface area contributed by atoms with E-state index in [0.717, 1.165) is 17.8 Å². The van der Waals surface area contributed by atoms with Gasteiger partial charge in [-0.2, -0.15) is 4.31 Å². The number of carbonyl (C=O) groups is 1. The van der Waals surface area contributed by atoms with Crippen molar-refractivity contribution >= 4 is 16.0 Å². The molecule has 1 N–H and O–H groups in total. The van der Waals surface area contributed by atoms with Crippen LogP contribution in [0, 0.1) is 0 Å². The molecule has 1 aromatic rings. The minimum absolute atomic E-state index is 0.637. The fourth-order valence-corrected chi connectivity index (χ4v) is 3.49. The van der Waals surface area contributed by atoms with Crippen LogP contribution < -0.4 is 11.2 Å². The maximum absolute atomic E-state index is 12.5. The summed E-state index contributed by atoms with van der Waals surface area (Å²) in [5, 5.41) is 8.82. The summed E-state index contributed by atoms with van der Waals surface area (Å²) in [4.78, 5) is 33.8. The van der Waals surface area contributed by atoms with E-state index in [4.69, 9.17) is 5.11 Å². The summed E-state index contributed by atoms with van der Waals surface area (Å²) in [6.45, 7) is 2.21. The van der Waals surface area contributed by atoms with Crippen molar-refractivity contribution in [3.63, 3.8) is 0 Å². The number of aliphatic carboxylic acids is 1. The lowest BCUT2D eigenvalue weighted by Crippen LogP contribution is -2.46. The van der Waals surface area contributed by atoms with E-state index in [0.29, 0.717) is 8.87 Å². The van der Waals surface area contributed by atoms with Crippen LogP contribution in [0.15, 0.2) is 20.7 Å². The quantitative estimate of drug-likeness (QED) is 0.710. The number of aryl methyl sites for hydroxylation is 1. The van der Waals surface area contributed by atoms with Gasteiger partial charge in [0.05, 0.1) is 0 Å². The monoisotopic (exact) mass is 319 g/mol. The molecule has 1 rings (SSSR count). The summed E-state index contributed by atoms with van der Waals surface area (Å²) in [7, 11) is -1.87. The maximum atomic E-state index is 12.5. The average molecular weight is 319 g/mol. The molecule has 0 saturated carbocycles. The number of carboxylic acid groups (broad SMARTS) is 1. The highest BCUT2D eigenvalue weighted by Crippen LogP contribution is 2.14. The lowest BCUT2D eigenvalue weighted by atomic mass is 10.4. The Kier molecular flexibility index (Phi) is 4.74. The summed E-state index contributed by atoms with van der Waals surface area (Å²) in [6, 6.07) is -0.659. The zero-order chi connectivity index (χ0) is 16.5. The van der Waals surface area contributed by atoms with Crippen molar-refractivity contribution < 1.29 is 18.3 Å². The van der Waals surface area contributed by atoms with Crippen LogP contribution in [0.5, 0.6) is 0 Å². The summed E-state index contributed by atoms with van der Waals surface area (Å²) in [5.74, 6) is -1.34. The summed E-state index contributed by atoms with van der Waals surface area (Å²) >= 11 is 0. The molecule has 1 aromatic heterocycles. The Morgan fingerprint density at radius 1 is 1.33 bits per heavy atom. The highest BCUT2D eigenvalue weighted by molar-refractivity contribution is 7.89. The predicted octanol–water partition coefficient (Wildman–Crippen LogP) is -1.43. The first-order valence-corrected chi connectivity index (χ1v) is 7.44. The molecule has 10 heteroatoms. The fourth-order valence-electron chi connectivity index (χ4n) is 1.76. The predicted molar refractivity (Wildman–Crippen MR) is 73.6 cm³/mol. The number of sulfonamides is 1. The second kappa shape index (κ2) is 5.82. The van der Waals surface area contributed by atoms with Crippen LogP contribution in [0.25, 0.3) is 0 Å². The molecule has 0 spiro atoms. The number of aromatic nitrogens is 2. The number of rotatable bonds is 5. The third-order valence-electron chi connectivity index (χ3n) is 2.87.